The second kappa shape index (κ2) is 6.67. The summed E-state index contributed by atoms with van der Waals surface area (Å²) in [7, 11) is 0. The van der Waals surface area contributed by atoms with Crippen molar-refractivity contribution in [3.63, 3.8) is 0 Å². The topological polar surface area (TPSA) is 78.9 Å². The second-order valence-corrected chi connectivity index (χ2v) is 6.29. The minimum atomic E-state index is -0.831. The fraction of sp³-hybridized carbons (Fsp3) is 0.467. The maximum Gasteiger partial charge on any atom is 0.231 e. The third-order valence-electron chi connectivity index (χ3n) is 3.47. The van der Waals surface area contributed by atoms with Crippen LogP contribution in [0.4, 0.5) is 5.69 Å². The fourth-order valence-corrected chi connectivity index (χ4v) is 2.43. The Morgan fingerprint density at radius 1 is 1.55 bits per heavy atom. The molecule has 0 saturated carbocycles. The van der Waals surface area contributed by atoms with Crippen molar-refractivity contribution in [2.24, 2.45) is 5.92 Å². The molecule has 20 heavy (non-hydrogen) atoms. The highest BCUT2D eigenvalue weighted by molar-refractivity contribution is 8.00. The van der Waals surface area contributed by atoms with Gasteiger partial charge in [-0.2, -0.15) is 5.26 Å². The number of hydrogen-bond donors (Lipinski definition) is 2. The Labute approximate surface area is 124 Å². The Hall–Kier alpha value is -1.67. The molecule has 1 amide bonds. The van der Waals surface area contributed by atoms with E-state index in [9.17, 15) is 10.1 Å². The van der Waals surface area contributed by atoms with E-state index in [0.717, 1.165) is 16.1 Å². The molecule has 0 heterocycles. The number of nitrogens with two attached hydrogens (primary N) is 1. The summed E-state index contributed by atoms with van der Waals surface area (Å²) in [6.07, 6.45) is 0. The van der Waals surface area contributed by atoms with E-state index in [4.69, 9.17) is 5.73 Å². The molecular formula is C15H21N3OS. The lowest BCUT2D eigenvalue weighted by Crippen LogP contribution is -2.49. The Kier molecular flexibility index (Phi) is 5.46. The average molecular weight is 291 g/mol. The highest BCUT2D eigenvalue weighted by Gasteiger charge is 2.29. The molecule has 1 aromatic rings. The zero-order valence-corrected chi connectivity index (χ0v) is 13.2. The van der Waals surface area contributed by atoms with Crippen LogP contribution in [0.3, 0.4) is 0 Å². The number of carbonyl (C=O) groups is 1. The lowest BCUT2D eigenvalue weighted by atomic mass is 9.90. The summed E-state index contributed by atoms with van der Waals surface area (Å²) in [4.78, 5) is 13.0. The second-order valence-electron chi connectivity index (χ2n) is 5.28. The van der Waals surface area contributed by atoms with Crippen LogP contribution < -0.4 is 11.1 Å². The van der Waals surface area contributed by atoms with Gasteiger partial charge in [-0.05, 0) is 37.5 Å². The molecule has 0 aliphatic rings. The number of nitrogen functional groups attached to an aromatic ring is 1. The number of thioether (sulfide) groups is 1. The molecule has 0 aliphatic carbocycles. The van der Waals surface area contributed by atoms with Gasteiger partial charge in [0.25, 0.3) is 0 Å². The van der Waals surface area contributed by atoms with Gasteiger partial charge in [0, 0.05) is 10.6 Å². The van der Waals surface area contributed by atoms with Crippen molar-refractivity contribution >= 4 is 23.4 Å². The molecule has 108 valence electrons. The van der Waals surface area contributed by atoms with E-state index in [2.05, 4.69) is 11.4 Å². The van der Waals surface area contributed by atoms with Crippen molar-refractivity contribution in [3.8, 4) is 6.07 Å². The van der Waals surface area contributed by atoms with Gasteiger partial charge < -0.3 is 11.1 Å². The van der Waals surface area contributed by atoms with E-state index in [-0.39, 0.29) is 17.6 Å². The van der Waals surface area contributed by atoms with Gasteiger partial charge in [-0.25, -0.2) is 0 Å². The molecule has 3 N–H and O–H groups in total. The van der Waals surface area contributed by atoms with Crippen LogP contribution in [0.5, 0.6) is 0 Å². The van der Waals surface area contributed by atoms with Gasteiger partial charge in [-0.3, -0.25) is 4.79 Å². The van der Waals surface area contributed by atoms with Crippen molar-refractivity contribution in [3.05, 3.63) is 23.8 Å². The van der Waals surface area contributed by atoms with E-state index in [1.807, 2.05) is 39.0 Å². The van der Waals surface area contributed by atoms with Gasteiger partial charge >= 0.3 is 0 Å². The highest BCUT2D eigenvalue weighted by atomic mass is 32.2. The standard InChI is InChI=1S/C15H21N3OS/c1-10(2)15(4,9-16)18-14(19)8-20-13-7-5-6-12(17)11(13)3/h5-7,10H,8,17H2,1-4H3,(H,18,19). The predicted molar refractivity (Wildman–Crippen MR) is 83.3 cm³/mol. The van der Waals surface area contributed by atoms with Crippen molar-refractivity contribution < 1.29 is 4.79 Å². The van der Waals surface area contributed by atoms with Crippen LogP contribution in [0.2, 0.25) is 0 Å². The summed E-state index contributed by atoms with van der Waals surface area (Å²) in [6, 6.07) is 7.82. The molecule has 0 saturated heterocycles. The first kappa shape index (κ1) is 16.4. The molecule has 0 bridgehead atoms. The minimum Gasteiger partial charge on any atom is -0.398 e. The lowest BCUT2D eigenvalue weighted by Gasteiger charge is -2.27. The van der Waals surface area contributed by atoms with E-state index in [1.54, 1.807) is 6.92 Å². The van der Waals surface area contributed by atoms with Gasteiger partial charge in [0.1, 0.15) is 5.54 Å². The van der Waals surface area contributed by atoms with Crippen LogP contribution in [0.25, 0.3) is 0 Å². The van der Waals surface area contributed by atoms with Gasteiger partial charge in [-0.15, -0.1) is 11.8 Å². The molecule has 5 heteroatoms. The molecule has 0 radical (unpaired) electrons. The normalized spacial score (nSPS) is 13.6. The quantitative estimate of drug-likeness (QED) is 0.646. The summed E-state index contributed by atoms with van der Waals surface area (Å²) in [5.41, 5.74) is 6.71. The molecule has 0 fully saturated rings. The SMILES string of the molecule is Cc1c(N)cccc1SCC(=O)NC(C)(C#N)C(C)C. The number of amides is 1. The Morgan fingerprint density at radius 3 is 2.75 bits per heavy atom. The monoisotopic (exact) mass is 291 g/mol. The molecular weight excluding hydrogens is 270 g/mol. The first-order valence-corrected chi connectivity index (χ1v) is 7.49. The highest BCUT2D eigenvalue weighted by Crippen LogP contribution is 2.26. The van der Waals surface area contributed by atoms with E-state index in [1.165, 1.54) is 11.8 Å². The van der Waals surface area contributed by atoms with Crippen molar-refractivity contribution in [1.29, 1.82) is 5.26 Å². The van der Waals surface area contributed by atoms with Gasteiger partial charge in [0.05, 0.1) is 11.8 Å². The van der Waals surface area contributed by atoms with Crippen LogP contribution in [0.1, 0.15) is 26.3 Å². The number of nitriles is 1. The van der Waals surface area contributed by atoms with Crippen LogP contribution >= 0.6 is 11.8 Å². The molecule has 1 unspecified atom stereocenters. The minimum absolute atomic E-state index is 0.0514. The van der Waals surface area contributed by atoms with E-state index >= 15 is 0 Å². The number of nitrogens with zero attached hydrogens (tertiary/aromatic N) is 1. The molecule has 1 aromatic carbocycles. The smallest absolute Gasteiger partial charge is 0.231 e. The van der Waals surface area contributed by atoms with E-state index < -0.39 is 5.54 Å². The molecule has 0 aliphatic heterocycles. The maximum atomic E-state index is 12.0. The number of carbonyl (C=O) groups excluding carboxylic acids is 1. The average Bonchev–Trinajstić information content (AvgIpc) is 2.40. The number of rotatable bonds is 5. The largest absolute Gasteiger partial charge is 0.398 e. The van der Waals surface area contributed by atoms with Gasteiger partial charge in [0.2, 0.25) is 5.91 Å². The third-order valence-corrected chi connectivity index (χ3v) is 4.63. The zero-order chi connectivity index (χ0) is 15.3. The van der Waals surface area contributed by atoms with Crippen molar-refractivity contribution in [2.45, 2.75) is 38.1 Å². The van der Waals surface area contributed by atoms with Crippen molar-refractivity contribution in [1.82, 2.24) is 5.32 Å². The van der Waals surface area contributed by atoms with Crippen LogP contribution in [-0.4, -0.2) is 17.2 Å². The number of benzene rings is 1. The Bertz CT molecular complexity index is 536. The molecule has 0 spiro atoms. The molecule has 1 atom stereocenters. The Balaban J connectivity index is 2.65. The first-order valence-electron chi connectivity index (χ1n) is 6.50. The van der Waals surface area contributed by atoms with Crippen LogP contribution in [0.15, 0.2) is 23.1 Å². The van der Waals surface area contributed by atoms with Crippen LogP contribution in [0, 0.1) is 24.2 Å². The summed E-state index contributed by atoms with van der Waals surface area (Å²) in [6.45, 7) is 7.51. The lowest BCUT2D eigenvalue weighted by molar-refractivity contribution is -0.120. The zero-order valence-electron chi connectivity index (χ0n) is 12.4. The number of nitrogens with one attached hydrogen (secondary N) is 1. The summed E-state index contributed by atoms with van der Waals surface area (Å²) < 4.78 is 0. The van der Waals surface area contributed by atoms with E-state index in [0.29, 0.717) is 0 Å². The predicted octanol–water partition coefficient (Wildman–Crippen LogP) is 2.72. The Morgan fingerprint density at radius 2 is 2.20 bits per heavy atom. The number of anilines is 1. The van der Waals surface area contributed by atoms with Gasteiger partial charge in [-0.1, -0.05) is 19.9 Å². The summed E-state index contributed by atoms with van der Waals surface area (Å²) in [5.74, 6) is 0.180. The first-order chi connectivity index (χ1) is 9.30. The summed E-state index contributed by atoms with van der Waals surface area (Å²) >= 11 is 1.43. The number of hydrogen-bond acceptors (Lipinski definition) is 4. The summed E-state index contributed by atoms with van der Waals surface area (Å²) in [5, 5.41) is 12.0. The fourth-order valence-electron chi connectivity index (χ4n) is 1.56. The molecule has 0 aromatic heterocycles. The van der Waals surface area contributed by atoms with Crippen molar-refractivity contribution in [2.75, 3.05) is 11.5 Å². The molecule has 1 rings (SSSR count). The van der Waals surface area contributed by atoms with Crippen LogP contribution in [-0.2, 0) is 4.79 Å². The van der Waals surface area contributed by atoms with Gasteiger partial charge in [0.15, 0.2) is 0 Å². The maximum absolute atomic E-state index is 12.0. The molecule has 4 nitrogen and oxygen atoms in total. The third kappa shape index (κ3) is 3.91.